The van der Waals surface area contributed by atoms with Crippen LogP contribution in [-0.2, 0) is 4.74 Å². The zero-order chi connectivity index (χ0) is 25.3. The second-order valence-electron chi connectivity index (χ2n) is 9.28. The van der Waals surface area contributed by atoms with Crippen LogP contribution in [0.1, 0.15) is 56.6 Å². The normalized spacial score (nSPS) is 13.8. The molecule has 0 aromatic heterocycles. The van der Waals surface area contributed by atoms with Gasteiger partial charge in [0.2, 0.25) is 0 Å². The lowest BCUT2D eigenvalue weighted by Gasteiger charge is -2.21. The van der Waals surface area contributed by atoms with E-state index in [2.05, 4.69) is 44.2 Å². The minimum absolute atomic E-state index is 0.309. The maximum atomic E-state index is 9.55. The van der Waals surface area contributed by atoms with Crippen molar-refractivity contribution in [3.8, 4) is 17.2 Å². The van der Waals surface area contributed by atoms with Gasteiger partial charge in [-0.3, -0.25) is 0 Å². The van der Waals surface area contributed by atoms with Crippen LogP contribution in [0.4, 0.5) is 0 Å². The summed E-state index contributed by atoms with van der Waals surface area (Å²) in [5.74, 6) is 2.84. The Morgan fingerprint density at radius 1 is 0.750 bits per heavy atom. The number of hydrogen-bond donors (Lipinski definition) is 1. The summed E-state index contributed by atoms with van der Waals surface area (Å²) < 4.78 is 17.7. The molecular weight excluding hydrogens is 448 g/mol. The van der Waals surface area contributed by atoms with Crippen LogP contribution in [0.15, 0.2) is 91.0 Å². The lowest BCUT2D eigenvalue weighted by Crippen LogP contribution is -2.20. The molecule has 4 aromatic carbocycles. The summed E-state index contributed by atoms with van der Waals surface area (Å²) >= 11 is 0. The Labute approximate surface area is 214 Å². The Balaban J connectivity index is 1.24. The van der Waals surface area contributed by atoms with Gasteiger partial charge in [0.15, 0.2) is 6.29 Å². The van der Waals surface area contributed by atoms with Gasteiger partial charge in [0.1, 0.15) is 23.9 Å². The van der Waals surface area contributed by atoms with Gasteiger partial charge in [-0.2, -0.15) is 0 Å². The lowest BCUT2D eigenvalue weighted by molar-refractivity contribution is -0.0738. The number of aromatic hydroxyl groups is 1. The van der Waals surface area contributed by atoms with Crippen molar-refractivity contribution in [2.75, 3.05) is 13.2 Å². The standard InChI is InChI=1S/C32H36O4/c1-4-25(22-23(2)26-12-16-29(33)17-13-26)27-14-18-30(19-15-27)36-24(3)34-20-21-35-32-11-7-9-28-8-5-6-10-31(28)32/h5-19,23-25,33H,4,20-22H2,1-3H3. The van der Waals surface area contributed by atoms with Crippen molar-refractivity contribution in [1.29, 1.82) is 0 Å². The fraction of sp³-hybridized carbons (Fsp3) is 0.312. The topological polar surface area (TPSA) is 47.9 Å². The minimum atomic E-state index is -0.372. The van der Waals surface area contributed by atoms with E-state index in [1.54, 1.807) is 12.1 Å². The molecule has 0 saturated heterocycles. The molecule has 0 amide bonds. The van der Waals surface area contributed by atoms with Crippen molar-refractivity contribution in [2.45, 2.75) is 51.7 Å². The van der Waals surface area contributed by atoms with E-state index in [0.717, 1.165) is 35.1 Å². The molecule has 1 N–H and O–H groups in total. The average molecular weight is 485 g/mol. The number of hydrogen-bond acceptors (Lipinski definition) is 4. The second-order valence-corrected chi connectivity index (χ2v) is 9.28. The minimum Gasteiger partial charge on any atom is -0.508 e. The fourth-order valence-electron chi connectivity index (χ4n) is 4.64. The van der Waals surface area contributed by atoms with Crippen LogP contribution in [0, 0.1) is 0 Å². The number of ether oxygens (including phenoxy) is 3. The third kappa shape index (κ3) is 6.79. The number of fused-ring (bicyclic) bond motifs is 1. The highest BCUT2D eigenvalue weighted by Gasteiger charge is 2.16. The Morgan fingerprint density at radius 2 is 1.44 bits per heavy atom. The van der Waals surface area contributed by atoms with E-state index in [1.165, 1.54) is 11.1 Å². The van der Waals surface area contributed by atoms with Gasteiger partial charge in [-0.1, -0.05) is 74.5 Å². The molecule has 0 radical (unpaired) electrons. The van der Waals surface area contributed by atoms with Gasteiger partial charge in [-0.15, -0.1) is 0 Å². The molecule has 0 spiro atoms. The third-order valence-corrected chi connectivity index (χ3v) is 6.69. The first-order chi connectivity index (χ1) is 17.5. The monoisotopic (exact) mass is 484 g/mol. The van der Waals surface area contributed by atoms with Gasteiger partial charge in [0.25, 0.3) is 0 Å². The molecule has 4 nitrogen and oxygen atoms in total. The van der Waals surface area contributed by atoms with Crippen molar-refractivity contribution in [3.63, 3.8) is 0 Å². The molecule has 0 heterocycles. The summed E-state index contributed by atoms with van der Waals surface area (Å²) in [5.41, 5.74) is 2.56. The van der Waals surface area contributed by atoms with Crippen LogP contribution >= 0.6 is 0 Å². The van der Waals surface area contributed by atoms with Gasteiger partial charge in [-0.25, -0.2) is 0 Å². The predicted octanol–water partition coefficient (Wildman–Crippen LogP) is 8.05. The summed E-state index contributed by atoms with van der Waals surface area (Å²) in [5, 5.41) is 11.8. The van der Waals surface area contributed by atoms with Gasteiger partial charge < -0.3 is 19.3 Å². The lowest BCUT2D eigenvalue weighted by atomic mass is 9.84. The highest BCUT2D eigenvalue weighted by atomic mass is 16.7. The van der Waals surface area contributed by atoms with Crippen LogP contribution in [0.3, 0.4) is 0 Å². The van der Waals surface area contributed by atoms with Gasteiger partial charge in [0, 0.05) is 5.39 Å². The molecule has 0 bridgehead atoms. The van der Waals surface area contributed by atoms with E-state index in [4.69, 9.17) is 14.2 Å². The van der Waals surface area contributed by atoms with Crippen molar-refractivity contribution in [2.24, 2.45) is 0 Å². The van der Waals surface area contributed by atoms with E-state index in [0.29, 0.717) is 30.8 Å². The van der Waals surface area contributed by atoms with Gasteiger partial charge in [-0.05, 0) is 78.4 Å². The maximum Gasteiger partial charge on any atom is 0.197 e. The van der Waals surface area contributed by atoms with Crippen molar-refractivity contribution in [1.82, 2.24) is 0 Å². The predicted molar refractivity (Wildman–Crippen MR) is 146 cm³/mol. The molecule has 4 rings (SSSR count). The van der Waals surface area contributed by atoms with Crippen molar-refractivity contribution < 1.29 is 19.3 Å². The average Bonchev–Trinajstić information content (AvgIpc) is 2.90. The first-order valence-corrected chi connectivity index (χ1v) is 12.8. The third-order valence-electron chi connectivity index (χ3n) is 6.69. The summed E-state index contributed by atoms with van der Waals surface area (Å²) in [4.78, 5) is 0. The van der Waals surface area contributed by atoms with Gasteiger partial charge in [0.05, 0.1) is 6.61 Å². The molecule has 0 aliphatic heterocycles. The highest BCUT2D eigenvalue weighted by Crippen LogP contribution is 2.33. The Hall–Kier alpha value is -3.50. The van der Waals surface area contributed by atoms with Crippen LogP contribution in [0.2, 0.25) is 0 Å². The summed E-state index contributed by atoms with van der Waals surface area (Å²) in [6.07, 6.45) is 1.75. The van der Waals surface area contributed by atoms with E-state index >= 15 is 0 Å². The maximum absolute atomic E-state index is 9.55. The SMILES string of the molecule is CCC(CC(C)c1ccc(O)cc1)c1ccc(OC(C)OCCOc2cccc3ccccc23)cc1. The molecule has 188 valence electrons. The smallest absolute Gasteiger partial charge is 0.197 e. The summed E-state index contributed by atoms with van der Waals surface area (Å²) in [7, 11) is 0. The van der Waals surface area contributed by atoms with E-state index in [1.807, 2.05) is 55.5 Å². The Morgan fingerprint density at radius 3 is 2.19 bits per heavy atom. The summed E-state index contributed by atoms with van der Waals surface area (Å²) in [6, 6.07) is 30.2. The quantitative estimate of drug-likeness (QED) is 0.163. The van der Waals surface area contributed by atoms with Crippen LogP contribution < -0.4 is 9.47 Å². The highest BCUT2D eigenvalue weighted by molar-refractivity contribution is 5.88. The van der Waals surface area contributed by atoms with E-state index in [9.17, 15) is 5.11 Å². The van der Waals surface area contributed by atoms with Gasteiger partial charge >= 0.3 is 0 Å². The van der Waals surface area contributed by atoms with E-state index < -0.39 is 0 Å². The Kier molecular flexibility index (Phi) is 8.85. The first kappa shape index (κ1) is 25.6. The van der Waals surface area contributed by atoms with Crippen LogP contribution in [0.5, 0.6) is 17.2 Å². The number of phenols is 1. The zero-order valence-corrected chi connectivity index (χ0v) is 21.4. The molecule has 0 saturated carbocycles. The van der Waals surface area contributed by atoms with Crippen molar-refractivity contribution in [3.05, 3.63) is 102 Å². The molecule has 4 aromatic rings. The number of benzene rings is 4. The van der Waals surface area contributed by atoms with Crippen molar-refractivity contribution >= 4 is 10.8 Å². The molecule has 0 fully saturated rings. The first-order valence-electron chi connectivity index (χ1n) is 12.8. The zero-order valence-electron chi connectivity index (χ0n) is 21.4. The Bertz CT molecular complexity index is 1210. The van der Waals surface area contributed by atoms with Crippen LogP contribution in [0.25, 0.3) is 10.8 Å². The largest absolute Gasteiger partial charge is 0.508 e. The molecule has 3 unspecified atom stereocenters. The molecular formula is C32H36O4. The summed E-state index contributed by atoms with van der Waals surface area (Å²) in [6.45, 7) is 7.28. The second kappa shape index (κ2) is 12.5. The molecule has 3 atom stereocenters. The molecule has 0 aliphatic carbocycles. The van der Waals surface area contributed by atoms with E-state index in [-0.39, 0.29) is 6.29 Å². The number of phenolic OH excluding ortho intramolecular Hbond substituents is 1. The molecule has 36 heavy (non-hydrogen) atoms. The molecule has 0 aliphatic rings. The number of rotatable bonds is 12. The van der Waals surface area contributed by atoms with Crippen LogP contribution in [-0.4, -0.2) is 24.6 Å². The molecule has 4 heteroatoms. The fourth-order valence-corrected chi connectivity index (χ4v) is 4.64.